The van der Waals surface area contributed by atoms with Gasteiger partial charge < -0.3 is 10.6 Å². The number of sulfonamides is 1. The fraction of sp³-hybridized carbons (Fsp3) is 0.250. The van der Waals surface area contributed by atoms with Crippen LogP contribution in [0, 0.1) is 6.92 Å². The first-order valence-electron chi connectivity index (χ1n) is 10.4. The van der Waals surface area contributed by atoms with E-state index in [9.17, 15) is 18.0 Å². The second-order valence-electron chi connectivity index (χ2n) is 7.61. The molecule has 8 heteroatoms. The molecule has 0 saturated heterocycles. The molecule has 32 heavy (non-hydrogen) atoms. The minimum absolute atomic E-state index is 0.0631. The van der Waals surface area contributed by atoms with Crippen LogP contribution in [-0.4, -0.2) is 32.8 Å². The van der Waals surface area contributed by atoms with Crippen LogP contribution >= 0.6 is 0 Å². The third-order valence-corrected chi connectivity index (χ3v) is 6.56. The predicted molar refractivity (Wildman–Crippen MR) is 124 cm³/mol. The number of benzene rings is 3. The van der Waals surface area contributed by atoms with Crippen molar-refractivity contribution in [2.45, 2.75) is 37.8 Å². The minimum Gasteiger partial charge on any atom is -0.350 e. The Morgan fingerprint density at radius 3 is 2.38 bits per heavy atom. The molecule has 0 aliphatic heterocycles. The first-order valence-corrected chi connectivity index (χ1v) is 11.8. The summed E-state index contributed by atoms with van der Waals surface area (Å²) in [5, 5.41) is 7.59. The summed E-state index contributed by atoms with van der Waals surface area (Å²) < 4.78 is 26.9. The van der Waals surface area contributed by atoms with Gasteiger partial charge in [0.05, 0.1) is 4.90 Å². The van der Waals surface area contributed by atoms with Crippen LogP contribution in [0.1, 0.15) is 24.5 Å². The number of aryl methyl sites for hydroxylation is 1. The molecule has 1 atom stereocenters. The van der Waals surface area contributed by atoms with E-state index >= 15 is 0 Å². The first kappa shape index (κ1) is 23.4. The van der Waals surface area contributed by atoms with Crippen molar-refractivity contribution in [1.82, 2.24) is 15.4 Å². The predicted octanol–water partition coefficient (Wildman–Crippen LogP) is 2.64. The second kappa shape index (κ2) is 10.4. The molecule has 0 aliphatic carbocycles. The van der Waals surface area contributed by atoms with E-state index in [-0.39, 0.29) is 23.8 Å². The summed E-state index contributed by atoms with van der Waals surface area (Å²) in [5.74, 6) is -0.726. The number of fused-ring (bicyclic) bond motifs is 1. The molecule has 3 aromatic carbocycles. The minimum atomic E-state index is -3.68. The van der Waals surface area contributed by atoms with Gasteiger partial charge in [0.25, 0.3) is 0 Å². The van der Waals surface area contributed by atoms with Gasteiger partial charge in [0.2, 0.25) is 21.8 Å². The van der Waals surface area contributed by atoms with Gasteiger partial charge in [-0.15, -0.1) is 0 Å². The number of amides is 2. The standard InChI is InChI=1S/C24H27N3O4S/c1-17-10-12-21(13-11-17)32(30,31)26-15-14-23(28)27-18(2)24(29)25-16-20-8-5-7-19-6-3-4-9-22(19)20/h3-13,18,26H,14-16H2,1-2H3,(H,25,29)(H,27,28)/t18-/m0/s1. The van der Waals surface area contributed by atoms with Crippen LogP contribution < -0.4 is 15.4 Å². The lowest BCUT2D eigenvalue weighted by atomic mass is 10.0. The van der Waals surface area contributed by atoms with Gasteiger partial charge in [0, 0.05) is 19.5 Å². The number of rotatable bonds is 9. The molecule has 3 aromatic rings. The Labute approximate surface area is 188 Å². The van der Waals surface area contributed by atoms with Gasteiger partial charge in [-0.3, -0.25) is 9.59 Å². The molecule has 3 N–H and O–H groups in total. The maximum atomic E-state index is 12.4. The van der Waals surface area contributed by atoms with E-state index in [0.29, 0.717) is 6.54 Å². The van der Waals surface area contributed by atoms with Gasteiger partial charge in [-0.25, -0.2) is 13.1 Å². The van der Waals surface area contributed by atoms with E-state index in [1.807, 2.05) is 49.4 Å². The summed E-state index contributed by atoms with van der Waals surface area (Å²) in [5.41, 5.74) is 1.94. The van der Waals surface area contributed by atoms with Crippen LogP contribution in [0.4, 0.5) is 0 Å². The summed E-state index contributed by atoms with van der Waals surface area (Å²) in [6.45, 7) is 3.74. The van der Waals surface area contributed by atoms with Gasteiger partial charge >= 0.3 is 0 Å². The van der Waals surface area contributed by atoms with Gasteiger partial charge in [-0.2, -0.15) is 0 Å². The zero-order chi connectivity index (χ0) is 23.1. The topological polar surface area (TPSA) is 104 Å². The molecule has 0 spiro atoms. The van der Waals surface area contributed by atoms with Gasteiger partial charge in [0.1, 0.15) is 6.04 Å². The fourth-order valence-corrected chi connectivity index (χ4v) is 4.29. The van der Waals surface area contributed by atoms with E-state index in [2.05, 4.69) is 15.4 Å². The van der Waals surface area contributed by atoms with Gasteiger partial charge in [-0.05, 0) is 42.3 Å². The Hall–Kier alpha value is -3.23. The molecule has 0 unspecified atom stereocenters. The molecule has 168 valence electrons. The highest BCUT2D eigenvalue weighted by Crippen LogP contribution is 2.18. The molecular formula is C24H27N3O4S. The number of carbonyl (C=O) groups excluding carboxylic acids is 2. The van der Waals surface area contributed by atoms with Crippen molar-refractivity contribution < 1.29 is 18.0 Å². The highest BCUT2D eigenvalue weighted by atomic mass is 32.2. The van der Waals surface area contributed by atoms with Crippen LogP contribution in [0.25, 0.3) is 10.8 Å². The number of hydrogen-bond acceptors (Lipinski definition) is 4. The normalized spacial score (nSPS) is 12.3. The highest BCUT2D eigenvalue weighted by Gasteiger charge is 2.17. The second-order valence-corrected chi connectivity index (χ2v) is 9.37. The van der Waals surface area contributed by atoms with Crippen LogP contribution in [0.15, 0.2) is 71.6 Å². The van der Waals surface area contributed by atoms with Crippen LogP contribution in [0.3, 0.4) is 0 Å². The summed E-state index contributed by atoms with van der Waals surface area (Å²) >= 11 is 0. The molecule has 2 amide bonds. The third-order valence-electron chi connectivity index (χ3n) is 5.08. The molecule has 0 saturated carbocycles. The summed E-state index contributed by atoms with van der Waals surface area (Å²) in [7, 11) is -3.68. The van der Waals surface area contributed by atoms with Crippen molar-refractivity contribution in [3.8, 4) is 0 Å². The van der Waals surface area contributed by atoms with Gasteiger partial charge in [-0.1, -0.05) is 60.2 Å². The van der Waals surface area contributed by atoms with Gasteiger partial charge in [0.15, 0.2) is 0 Å². The molecule has 0 bridgehead atoms. The van der Waals surface area contributed by atoms with Crippen molar-refractivity contribution >= 4 is 32.6 Å². The lowest BCUT2D eigenvalue weighted by molar-refractivity contribution is -0.128. The molecule has 3 rings (SSSR count). The Bertz CT molecular complexity index is 1200. The lowest BCUT2D eigenvalue weighted by Crippen LogP contribution is -2.45. The van der Waals surface area contributed by atoms with Crippen molar-refractivity contribution in [3.05, 3.63) is 77.9 Å². The summed E-state index contributed by atoms with van der Waals surface area (Å²) in [6.07, 6.45) is -0.0773. The SMILES string of the molecule is Cc1ccc(S(=O)(=O)NCCC(=O)N[C@@H](C)C(=O)NCc2cccc3ccccc23)cc1. The number of hydrogen-bond donors (Lipinski definition) is 3. The molecule has 0 aromatic heterocycles. The molecular weight excluding hydrogens is 426 g/mol. The first-order chi connectivity index (χ1) is 15.3. The maximum Gasteiger partial charge on any atom is 0.242 e. The van der Waals surface area contributed by atoms with E-state index in [1.54, 1.807) is 19.1 Å². The fourth-order valence-electron chi connectivity index (χ4n) is 3.26. The average Bonchev–Trinajstić information content (AvgIpc) is 2.77. The Morgan fingerprint density at radius 1 is 0.938 bits per heavy atom. The molecule has 0 fully saturated rings. The molecule has 0 aliphatic rings. The van der Waals surface area contributed by atoms with E-state index in [4.69, 9.17) is 0 Å². The molecule has 7 nitrogen and oxygen atoms in total. The largest absolute Gasteiger partial charge is 0.350 e. The van der Waals surface area contributed by atoms with Crippen molar-refractivity contribution in [2.75, 3.05) is 6.54 Å². The Balaban J connectivity index is 1.45. The quantitative estimate of drug-likeness (QED) is 0.463. The number of nitrogens with one attached hydrogen (secondary N) is 3. The molecule has 0 heterocycles. The zero-order valence-electron chi connectivity index (χ0n) is 18.1. The summed E-state index contributed by atoms with van der Waals surface area (Å²) in [6, 6.07) is 19.5. The van der Waals surface area contributed by atoms with Crippen molar-refractivity contribution in [3.63, 3.8) is 0 Å². The van der Waals surface area contributed by atoms with E-state index < -0.39 is 22.0 Å². The molecule has 0 radical (unpaired) electrons. The average molecular weight is 454 g/mol. The van der Waals surface area contributed by atoms with Crippen molar-refractivity contribution in [2.24, 2.45) is 0 Å². The van der Waals surface area contributed by atoms with Crippen molar-refractivity contribution in [1.29, 1.82) is 0 Å². The van der Waals surface area contributed by atoms with Crippen LogP contribution in [0.2, 0.25) is 0 Å². The smallest absolute Gasteiger partial charge is 0.242 e. The van der Waals surface area contributed by atoms with E-state index in [1.165, 1.54) is 12.1 Å². The third kappa shape index (κ3) is 6.15. The zero-order valence-corrected chi connectivity index (χ0v) is 18.9. The van der Waals surface area contributed by atoms with Crippen LogP contribution in [0.5, 0.6) is 0 Å². The summed E-state index contributed by atoms with van der Waals surface area (Å²) in [4.78, 5) is 24.7. The number of carbonyl (C=O) groups is 2. The van der Waals surface area contributed by atoms with Crippen LogP contribution in [-0.2, 0) is 26.2 Å². The maximum absolute atomic E-state index is 12.4. The highest BCUT2D eigenvalue weighted by molar-refractivity contribution is 7.89. The monoisotopic (exact) mass is 453 g/mol. The Kier molecular flexibility index (Phi) is 7.61. The lowest BCUT2D eigenvalue weighted by Gasteiger charge is -2.15. The van der Waals surface area contributed by atoms with E-state index in [0.717, 1.165) is 21.9 Å². The Morgan fingerprint density at radius 2 is 1.62 bits per heavy atom.